The summed E-state index contributed by atoms with van der Waals surface area (Å²) in [5.41, 5.74) is 2.82. The number of aromatic nitrogens is 2. The Bertz CT molecular complexity index is 392. The molecule has 12 heavy (non-hydrogen) atoms. The molecule has 0 saturated heterocycles. The average molecular weight is 162 g/mol. The summed E-state index contributed by atoms with van der Waals surface area (Å²) in [6, 6.07) is 1.83. The minimum absolute atomic E-state index is 0.433. The highest BCUT2D eigenvalue weighted by Gasteiger charge is 2.09. The van der Waals surface area contributed by atoms with Crippen molar-refractivity contribution in [3.63, 3.8) is 0 Å². The zero-order valence-electron chi connectivity index (χ0n) is 7.11. The van der Waals surface area contributed by atoms with Gasteiger partial charge in [-0.05, 0) is 5.92 Å². The molecule has 0 fully saturated rings. The summed E-state index contributed by atoms with van der Waals surface area (Å²) in [4.78, 5) is 0. The van der Waals surface area contributed by atoms with Gasteiger partial charge < -0.3 is 4.42 Å². The maximum absolute atomic E-state index is 5.31. The molecular weight excluding hydrogens is 152 g/mol. The van der Waals surface area contributed by atoms with E-state index >= 15 is 0 Å². The highest BCUT2D eigenvalue weighted by Crippen LogP contribution is 2.24. The normalized spacial score (nSPS) is 11.2. The zero-order chi connectivity index (χ0) is 8.55. The van der Waals surface area contributed by atoms with E-state index in [-0.39, 0.29) is 0 Å². The molecule has 3 heteroatoms. The van der Waals surface area contributed by atoms with Crippen LogP contribution in [-0.4, -0.2) is 10.2 Å². The van der Waals surface area contributed by atoms with E-state index in [2.05, 4.69) is 24.0 Å². The minimum atomic E-state index is 0.433. The van der Waals surface area contributed by atoms with Crippen LogP contribution in [0.5, 0.6) is 0 Å². The van der Waals surface area contributed by atoms with Gasteiger partial charge in [0.15, 0.2) is 5.58 Å². The van der Waals surface area contributed by atoms with Gasteiger partial charge in [0.1, 0.15) is 5.52 Å². The first kappa shape index (κ1) is 7.28. The second-order valence-corrected chi connectivity index (χ2v) is 3.09. The summed E-state index contributed by atoms with van der Waals surface area (Å²) in [7, 11) is 0. The maximum Gasteiger partial charge on any atom is 0.156 e. The van der Waals surface area contributed by atoms with Crippen molar-refractivity contribution < 1.29 is 4.42 Å². The molecule has 0 radical (unpaired) electrons. The van der Waals surface area contributed by atoms with E-state index in [4.69, 9.17) is 4.42 Å². The number of fused-ring (bicyclic) bond motifs is 1. The Labute approximate surface area is 70.4 Å². The fourth-order valence-corrected chi connectivity index (χ4v) is 1.21. The van der Waals surface area contributed by atoms with Crippen molar-refractivity contribution in [1.29, 1.82) is 0 Å². The molecule has 62 valence electrons. The molecule has 0 aliphatic rings. The van der Waals surface area contributed by atoms with Gasteiger partial charge in [-0.25, -0.2) is 0 Å². The lowest BCUT2D eigenvalue weighted by atomic mass is 10.1. The van der Waals surface area contributed by atoms with Crippen molar-refractivity contribution in [2.24, 2.45) is 0 Å². The Morgan fingerprint density at radius 2 is 2.25 bits per heavy atom. The largest absolute Gasteiger partial charge is 0.462 e. The highest BCUT2D eigenvalue weighted by atomic mass is 16.3. The summed E-state index contributed by atoms with van der Waals surface area (Å²) >= 11 is 0. The Morgan fingerprint density at radius 1 is 1.42 bits per heavy atom. The summed E-state index contributed by atoms with van der Waals surface area (Å²) in [6.45, 7) is 4.22. The summed E-state index contributed by atoms with van der Waals surface area (Å²) in [5.74, 6) is 0.433. The van der Waals surface area contributed by atoms with Crippen LogP contribution in [0.4, 0.5) is 0 Å². The SMILES string of the molecule is CC(C)c1coc2ccnnc12. The topological polar surface area (TPSA) is 38.9 Å². The molecule has 0 unspecified atom stereocenters. The van der Waals surface area contributed by atoms with Crippen LogP contribution in [0.25, 0.3) is 11.1 Å². The summed E-state index contributed by atoms with van der Waals surface area (Å²) < 4.78 is 5.31. The zero-order valence-corrected chi connectivity index (χ0v) is 7.11. The van der Waals surface area contributed by atoms with Crippen LogP contribution in [-0.2, 0) is 0 Å². The van der Waals surface area contributed by atoms with Gasteiger partial charge in [-0.2, -0.15) is 5.10 Å². The van der Waals surface area contributed by atoms with Crippen molar-refractivity contribution in [2.75, 3.05) is 0 Å². The molecule has 0 N–H and O–H groups in total. The van der Waals surface area contributed by atoms with E-state index in [1.807, 2.05) is 6.07 Å². The van der Waals surface area contributed by atoms with E-state index < -0.39 is 0 Å². The van der Waals surface area contributed by atoms with Crippen LogP contribution in [0.3, 0.4) is 0 Å². The first-order valence-electron chi connectivity index (χ1n) is 3.98. The van der Waals surface area contributed by atoms with Gasteiger partial charge >= 0.3 is 0 Å². The van der Waals surface area contributed by atoms with Crippen LogP contribution in [0.15, 0.2) is 22.9 Å². The molecule has 0 atom stereocenters. The van der Waals surface area contributed by atoms with E-state index in [9.17, 15) is 0 Å². The smallest absolute Gasteiger partial charge is 0.156 e. The molecule has 0 saturated carbocycles. The lowest BCUT2D eigenvalue weighted by molar-refractivity contribution is 0.606. The number of nitrogens with zero attached hydrogens (tertiary/aromatic N) is 2. The van der Waals surface area contributed by atoms with Crippen LogP contribution < -0.4 is 0 Å². The second kappa shape index (κ2) is 2.59. The van der Waals surface area contributed by atoms with E-state index in [1.54, 1.807) is 12.5 Å². The molecule has 3 nitrogen and oxygen atoms in total. The second-order valence-electron chi connectivity index (χ2n) is 3.09. The molecule has 2 rings (SSSR count). The van der Waals surface area contributed by atoms with Crippen molar-refractivity contribution >= 4 is 11.1 Å². The van der Waals surface area contributed by atoms with E-state index in [0.29, 0.717) is 5.92 Å². The molecule has 0 aromatic carbocycles. The number of furan rings is 1. The van der Waals surface area contributed by atoms with Crippen LogP contribution in [0.1, 0.15) is 25.3 Å². The molecule has 2 heterocycles. The van der Waals surface area contributed by atoms with Crippen molar-refractivity contribution in [3.05, 3.63) is 24.1 Å². The first-order chi connectivity index (χ1) is 5.79. The molecule has 0 amide bonds. The third kappa shape index (κ3) is 0.978. The van der Waals surface area contributed by atoms with Crippen molar-refractivity contribution in [1.82, 2.24) is 10.2 Å². The van der Waals surface area contributed by atoms with Crippen LogP contribution in [0.2, 0.25) is 0 Å². The van der Waals surface area contributed by atoms with Gasteiger partial charge in [-0.1, -0.05) is 13.8 Å². The number of hydrogen-bond donors (Lipinski definition) is 0. The van der Waals surface area contributed by atoms with Gasteiger partial charge in [0, 0.05) is 11.6 Å². The fraction of sp³-hybridized carbons (Fsp3) is 0.333. The molecule has 0 aliphatic carbocycles. The molecular formula is C9H10N2O. The van der Waals surface area contributed by atoms with Gasteiger partial charge in [-0.15, -0.1) is 5.10 Å². The third-order valence-corrected chi connectivity index (χ3v) is 1.89. The lowest BCUT2D eigenvalue weighted by Crippen LogP contribution is -1.87. The number of rotatable bonds is 1. The van der Waals surface area contributed by atoms with Gasteiger partial charge in [0.25, 0.3) is 0 Å². The van der Waals surface area contributed by atoms with Crippen molar-refractivity contribution in [3.8, 4) is 0 Å². The molecule has 2 aromatic rings. The average Bonchev–Trinajstić information content (AvgIpc) is 2.47. The van der Waals surface area contributed by atoms with E-state index in [1.165, 1.54) is 0 Å². The maximum atomic E-state index is 5.31. The summed E-state index contributed by atoms with van der Waals surface area (Å²) in [5, 5.41) is 7.84. The molecule has 0 bridgehead atoms. The summed E-state index contributed by atoms with van der Waals surface area (Å²) in [6.07, 6.45) is 3.39. The van der Waals surface area contributed by atoms with Crippen LogP contribution in [0, 0.1) is 0 Å². The Morgan fingerprint density at radius 3 is 3.00 bits per heavy atom. The lowest BCUT2D eigenvalue weighted by Gasteiger charge is -1.97. The van der Waals surface area contributed by atoms with Crippen LogP contribution >= 0.6 is 0 Å². The van der Waals surface area contributed by atoms with Gasteiger partial charge in [-0.3, -0.25) is 0 Å². The minimum Gasteiger partial charge on any atom is -0.462 e. The predicted molar refractivity (Wildman–Crippen MR) is 45.9 cm³/mol. The van der Waals surface area contributed by atoms with Gasteiger partial charge in [0.05, 0.1) is 12.5 Å². The Hall–Kier alpha value is -1.38. The monoisotopic (exact) mass is 162 g/mol. The molecule has 2 aromatic heterocycles. The van der Waals surface area contributed by atoms with E-state index in [0.717, 1.165) is 16.7 Å². The molecule has 0 spiro atoms. The first-order valence-corrected chi connectivity index (χ1v) is 3.98. The third-order valence-electron chi connectivity index (χ3n) is 1.89. The Balaban J connectivity index is 2.70. The Kier molecular flexibility index (Phi) is 1.57. The van der Waals surface area contributed by atoms with Gasteiger partial charge in [0.2, 0.25) is 0 Å². The predicted octanol–water partition coefficient (Wildman–Crippen LogP) is 2.35. The standard InChI is InChI=1S/C9H10N2O/c1-6(2)7-5-12-8-3-4-10-11-9(7)8/h3-6H,1-2H3. The quantitative estimate of drug-likeness (QED) is 0.646. The van der Waals surface area contributed by atoms with Crippen molar-refractivity contribution in [2.45, 2.75) is 19.8 Å². The number of hydrogen-bond acceptors (Lipinski definition) is 3. The molecule has 0 aliphatic heterocycles. The highest BCUT2D eigenvalue weighted by molar-refractivity contribution is 5.75. The fourth-order valence-electron chi connectivity index (χ4n) is 1.21.